The molecule has 3 nitrogen and oxygen atoms in total. The van der Waals surface area contributed by atoms with Crippen molar-refractivity contribution in [3.63, 3.8) is 0 Å². The molecule has 2 aromatic rings. The van der Waals surface area contributed by atoms with Crippen molar-refractivity contribution in [2.45, 2.75) is 38.6 Å². The van der Waals surface area contributed by atoms with E-state index in [9.17, 15) is 0 Å². The second kappa shape index (κ2) is 7.12. The zero-order chi connectivity index (χ0) is 13.5. The molecule has 1 heterocycles. The second-order valence-corrected chi connectivity index (χ2v) is 4.83. The minimum Gasteiger partial charge on any atom is -0.469 e. The van der Waals surface area contributed by atoms with Gasteiger partial charge in [0, 0.05) is 12.5 Å². The first-order valence-corrected chi connectivity index (χ1v) is 6.91. The van der Waals surface area contributed by atoms with Gasteiger partial charge in [0.1, 0.15) is 5.76 Å². The summed E-state index contributed by atoms with van der Waals surface area (Å²) >= 11 is 0. The number of hydrogen-bond donors (Lipinski definition) is 2. The van der Waals surface area contributed by atoms with Crippen LogP contribution in [0.5, 0.6) is 0 Å². The Bertz CT molecular complexity index is 479. The monoisotopic (exact) mass is 258 g/mol. The van der Waals surface area contributed by atoms with E-state index in [0.717, 1.165) is 31.4 Å². The molecule has 0 amide bonds. The lowest BCUT2D eigenvalue weighted by Crippen LogP contribution is -2.28. The average Bonchev–Trinajstić information content (AvgIpc) is 2.94. The van der Waals surface area contributed by atoms with Crippen LogP contribution in [0.2, 0.25) is 0 Å². The standard InChI is InChI=1S/C16H22N2O/c1-2-5-13-6-3-7-14(12-13)16(18-17)10-9-15-8-4-11-19-15/h3-4,6-8,11-12,16,18H,2,5,9-10,17H2,1H3. The topological polar surface area (TPSA) is 51.2 Å². The second-order valence-electron chi connectivity index (χ2n) is 4.83. The molecule has 0 aliphatic heterocycles. The Morgan fingerprint density at radius 1 is 1.21 bits per heavy atom. The van der Waals surface area contributed by atoms with Gasteiger partial charge in [-0.3, -0.25) is 11.3 Å². The summed E-state index contributed by atoms with van der Waals surface area (Å²) in [5.41, 5.74) is 5.53. The Morgan fingerprint density at radius 2 is 2.11 bits per heavy atom. The van der Waals surface area contributed by atoms with Gasteiger partial charge < -0.3 is 4.42 Å². The third-order valence-corrected chi connectivity index (χ3v) is 3.35. The smallest absolute Gasteiger partial charge is 0.103 e. The number of nitrogens with two attached hydrogens (primary N) is 1. The molecule has 3 N–H and O–H groups in total. The number of rotatable bonds is 7. The van der Waals surface area contributed by atoms with Crippen molar-refractivity contribution in [3.8, 4) is 0 Å². The fourth-order valence-electron chi connectivity index (χ4n) is 2.34. The maximum absolute atomic E-state index is 5.69. The van der Waals surface area contributed by atoms with E-state index < -0.39 is 0 Å². The summed E-state index contributed by atoms with van der Waals surface area (Å²) in [6, 6.07) is 12.7. The summed E-state index contributed by atoms with van der Waals surface area (Å²) < 4.78 is 5.36. The summed E-state index contributed by atoms with van der Waals surface area (Å²) in [7, 11) is 0. The molecule has 0 radical (unpaired) electrons. The van der Waals surface area contributed by atoms with Gasteiger partial charge in [-0.05, 0) is 36.1 Å². The zero-order valence-corrected chi connectivity index (χ0v) is 11.4. The van der Waals surface area contributed by atoms with Crippen molar-refractivity contribution in [1.29, 1.82) is 0 Å². The summed E-state index contributed by atoms with van der Waals surface area (Å²) in [6.45, 7) is 2.20. The largest absolute Gasteiger partial charge is 0.469 e. The SMILES string of the molecule is CCCc1cccc(C(CCc2ccco2)NN)c1. The van der Waals surface area contributed by atoms with Crippen LogP contribution in [0, 0.1) is 0 Å². The van der Waals surface area contributed by atoms with E-state index in [-0.39, 0.29) is 6.04 Å². The number of nitrogens with one attached hydrogen (secondary N) is 1. The summed E-state index contributed by atoms with van der Waals surface area (Å²) in [5.74, 6) is 6.69. The first kappa shape index (κ1) is 13.8. The molecule has 0 saturated carbocycles. The summed E-state index contributed by atoms with van der Waals surface area (Å²) in [6.07, 6.45) is 5.81. The van der Waals surface area contributed by atoms with Crippen LogP contribution in [0.4, 0.5) is 0 Å². The van der Waals surface area contributed by atoms with Crippen molar-refractivity contribution in [2.24, 2.45) is 5.84 Å². The van der Waals surface area contributed by atoms with E-state index in [1.807, 2.05) is 12.1 Å². The van der Waals surface area contributed by atoms with Crippen LogP contribution in [0.15, 0.2) is 47.1 Å². The third kappa shape index (κ3) is 3.94. The molecule has 0 spiro atoms. The van der Waals surface area contributed by atoms with Crippen molar-refractivity contribution >= 4 is 0 Å². The predicted octanol–water partition coefficient (Wildman–Crippen LogP) is 3.37. The van der Waals surface area contributed by atoms with Crippen LogP contribution >= 0.6 is 0 Å². The van der Waals surface area contributed by atoms with E-state index >= 15 is 0 Å². The van der Waals surface area contributed by atoms with Crippen molar-refractivity contribution in [2.75, 3.05) is 0 Å². The first-order valence-electron chi connectivity index (χ1n) is 6.91. The molecule has 1 unspecified atom stereocenters. The molecule has 1 aromatic heterocycles. The Kier molecular flexibility index (Phi) is 5.19. The Labute approximate surface area is 114 Å². The molecule has 1 aromatic carbocycles. The molecule has 0 fully saturated rings. The molecule has 0 aliphatic carbocycles. The Morgan fingerprint density at radius 3 is 2.79 bits per heavy atom. The lowest BCUT2D eigenvalue weighted by atomic mass is 9.98. The third-order valence-electron chi connectivity index (χ3n) is 3.35. The molecule has 1 atom stereocenters. The highest BCUT2D eigenvalue weighted by Crippen LogP contribution is 2.20. The summed E-state index contributed by atoms with van der Waals surface area (Å²) in [4.78, 5) is 0. The maximum Gasteiger partial charge on any atom is 0.103 e. The number of hydrogen-bond acceptors (Lipinski definition) is 3. The van der Waals surface area contributed by atoms with Gasteiger partial charge in [-0.1, -0.05) is 37.6 Å². The lowest BCUT2D eigenvalue weighted by molar-refractivity contribution is 0.458. The van der Waals surface area contributed by atoms with E-state index in [1.54, 1.807) is 6.26 Å². The molecule has 0 saturated heterocycles. The highest BCUT2D eigenvalue weighted by atomic mass is 16.3. The van der Waals surface area contributed by atoms with Crippen molar-refractivity contribution in [1.82, 2.24) is 5.43 Å². The minimum atomic E-state index is 0.168. The molecule has 0 aliphatic rings. The highest BCUT2D eigenvalue weighted by Gasteiger charge is 2.11. The van der Waals surface area contributed by atoms with E-state index in [1.165, 1.54) is 11.1 Å². The normalized spacial score (nSPS) is 12.5. The molecule has 2 rings (SSSR count). The average molecular weight is 258 g/mol. The van der Waals surface area contributed by atoms with Gasteiger partial charge in [0.2, 0.25) is 0 Å². The van der Waals surface area contributed by atoms with Crippen LogP contribution in [0.3, 0.4) is 0 Å². The summed E-state index contributed by atoms with van der Waals surface area (Å²) in [5, 5.41) is 0. The fraction of sp³-hybridized carbons (Fsp3) is 0.375. The van der Waals surface area contributed by atoms with Crippen LogP contribution in [-0.4, -0.2) is 0 Å². The van der Waals surface area contributed by atoms with Crippen LogP contribution < -0.4 is 11.3 Å². The molecule has 0 bridgehead atoms. The minimum absolute atomic E-state index is 0.168. The van der Waals surface area contributed by atoms with Gasteiger partial charge in [0.05, 0.1) is 6.26 Å². The molecular formula is C16H22N2O. The van der Waals surface area contributed by atoms with Gasteiger partial charge in [-0.2, -0.15) is 0 Å². The van der Waals surface area contributed by atoms with Gasteiger partial charge in [-0.25, -0.2) is 0 Å². The van der Waals surface area contributed by atoms with Gasteiger partial charge in [0.15, 0.2) is 0 Å². The molecular weight excluding hydrogens is 236 g/mol. The molecule has 102 valence electrons. The lowest BCUT2D eigenvalue weighted by Gasteiger charge is -2.16. The molecule has 19 heavy (non-hydrogen) atoms. The van der Waals surface area contributed by atoms with E-state index in [0.29, 0.717) is 0 Å². The van der Waals surface area contributed by atoms with Crippen LogP contribution in [0.1, 0.15) is 42.7 Å². The molecule has 3 heteroatoms. The highest BCUT2D eigenvalue weighted by molar-refractivity contribution is 5.26. The number of aryl methyl sites for hydroxylation is 2. The Balaban J connectivity index is 2.01. The van der Waals surface area contributed by atoms with E-state index in [4.69, 9.17) is 10.3 Å². The van der Waals surface area contributed by atoms with E-state index in [2.05, 4.69) is 36.6 Å². The zero-order valence-electron chi connectivity index (χ0n) is 11.4. The van der Waals surface area contributed by atoms with Gasteiger partial charge in [0.25, 0.3) is 0 Å². The van der Waals surface area contributed by atoms with Crippen molar-refractivity contribution < 1.29 is 4.42 Å². The maximum atomic E-state index is 5.69. The quantitative estimate of drug-likeness (QED) is 0.591. The van der Waals surface area contributed by atoms with Gasteiger partial charge in [-0.15, -0.1) is 0 Å². The fourth-order valence-corrected chi connectivity index (χ4v) is 2.34. The van der Waals surface area contributed by atoms with Crippen LogP contribution in [0.25, 0.3) is 0 Å². The number of hydrazine groups is 1. The number of furan rings is 1. The predicted molar refractivity (Wildman–Crippen MR) is 77.5 cm³/mol. The van der Waals surface area contributed by atoms with Gasteiger partial charge >= 0.3 is 0 Å². The first-order chi connectivity index (χ1) is 9.33. The Hall–Kier alpha value is -1.58. The number of benzene rings is 1. The van der Waals surface area contributed by atoms with Crippen molar-refractivity contribution in [3.05, 3.63) is 59.5 Å². The van der Waals surface area contributed by atoms with Crippen LogP contribution in [-0.2, 0) is 12.8 Å².